The molecule has 1 aromatic carbocycles. The van der Waals surface area contributed by atoms with Gasteiger partial charge in [0.1, 0.15) is 6.04 Å². The summed E-state index contributed by atoms with van der Waals surface area (Å²) >= 11 is 1.61. The number of sulfonamides is 1. The lowest BCUT2D eigenvalue weighted by Gasteiger charge is -2.20. The topological polar surface area (TPSA) is 71.4 Å². The lowest BCUT2D eigenvalue weighted by atomic mass is 10.2. The Bertz CT molecular complexity index is 1110. The largest absolute Gasteiger partial charge is 0.349 e. The second-order valence-corrected chi connectivity index (χ2v) is 10.7. The number of hydrogen-bond acceptors (Lipinski definition) is 4. The molecule has 0 bridgehead atoms. The molecule has 1 atom stereocenters. The van der Waals surface area contributed by atoms with Crippen LogP contribution < -0.4 is 5.32 Å². The van der Waals surface area contributed by atoms with Crippen LogP contribution in [0, 0.1) is 0 Å². The van der Waals surface area contributed by atoms with Crippen molar-refractivity contribution >= 4 is 38.2 Å². The smallest absolute Gasteiger partial charge is 0.243 e. The lowest BCUT2D eigenvalue weighted by Crippen LogP contribution is -2.32. The standard InChI is InChI=1S/C22H27N3O3S2/c1-17(22(26)23-16-19-7-6-14-29-19)25-13-10-18-15-20(8-9-21(18)25)30(27,28)24-11-4-2-3-5-12-24/h6-10,13-15,17H,2-5,11-12,16H2,1H3,(H,23,26)/t17-/m1/s1. The van der Waals surface area contributed by atoms with Crippen LogP contribution in [0.15, 0.2) is 52.9 Å². The van der Waals surface area contributed by atoms with Crippen LogP contribution in [-0.4, -0.2) is 36.3 Å². The van der Waals surface area contributed by atoms with Crippen molar-refractivity contribution in [1.29, 1.82) is 0 Å². The summed E-state index contributed by atoms with van der Waals surface area (Å²) in [6, 6.07) is 10.6. The maximum atomic E-state index is 13.1. The fraction of sp³-hybridized carbons (Fsp3) is 0.409. The Balaban J connectivity index is 1.53. The van der Waals surface area contributed by atoms with Crippen molar-refractivity contribution in [3.8, 4) is 0 Å². The average molecular weight is 446 g/mol. The molecule has 1 fully saturated rings. The highest BCUT2D eigenvalue weighted by Crippen LogP contribution is 2.26. The zero-order chi connectivity index (χ0) is 21.1. The number of fused-ring (bicyclic) bond motifs is 1. The van der Waals surface area contributed by atoms with Gasteiger partial charge in [0.05, 0.1) is 11.4 Å². The molecule has 0 unspecified atom stereocenters. The predicted octanol–water partition coefficient (Wildman–Crippen LogP) is 4.14. The van der Waals surface area contributed by atoms with E-state index in [1.807, 2.05) is 47.3 Å². The average Bonchev–Trinajstić information content (AvgIpc) is 3.33. The van der Waals surface area contributed by atoms with Crippen molar-refractivity contribution in [2.45, 2.75) is 50.1 Å². The highest BCUT2D eigenvalue weighted by atomic mass is 32.2. The minimum absolute atomic E-state index is 0.0674. The van der Waals surface area contributed by atoms with Gasteiger partial charge in [-0.1, -0.05) is 18.9 Å². The number of nitrogens with zero attached hydrogens (tertiary/aromatic N) is 2. The van der Waals surface area contributed by atoms with Gasteiger partial charge < -0.3 is 9.88 Å². The van der Waals surface area contributed by atoms with Crippen LogP contribution in [0.25, 0.3) is 10.9 Å². The van der Waals surface area contributed by atoms with Crippen LogP contribution in [0.4, 0.5) is 0 Å². The molecular formula is C22H27N3O3S2. The third kappa shape index (κ3) is 4.31. The first-order valence-corrected chi connectivity index (χ1v) is 12.7. The Morgan fingerprint density at radius 1 is 1.13 bits per heavy atom. The SMILES string of the molecule is C[C@H](C(=O)NCc1cccs1)n1ccc2cc(S(=O)(=O)N3CCCCCC3)ccc21. The molecule has 30 heavy (non-hydrogen) atoms. The van der Waals surface area contributed by atoms with Crippen molar-refractivity contribution in [3.05, 3.63) is 52.9 Å². The molecule has 0 radical (unpaired) electrons. The number of amides is 1. The molecule has 1 aliphatic heterocycles. The number of benzene rings is 1. The zero-order valence-corrected chi connectivity index (χ0v) is 18.7. The van der Waals surface area contributed by atoms with Gasteiger partial charge in [-0.15, -0.1) is 11.3 Å². The highest BCUT2D eigenvalue weighted by molar-refractivity contribution is 7.89. The van der Waals surface area contributed by atoms with Gasteiger partial charge in [0.15, 0.2) is 0 Å². The Kier molecular flexibility index (Phi) is 6.26. The fourth-order valence-corrected chi connectivity index (χ4v) is 6.13. The van der Waals surface area contributed by atoms with E-state index in [-0.39, 0.29) is 5.91 Å². The number of aromatic nitrogens is 1. The van der Waals surface area contributed by atoms with Gasteiger partial charge in [-0.2, -0.15) is 4.31 Å². The van der Waals surface area contributed by atoms with Crippen LogP contribution in [-0.2, 0) is 21.4 Å². The van der Waals surface area contributed by atoms with Crippen molar-refractivity contribution in [3.63, 3.8) is 0 Å². The second kappa shape index (κ2) is 8.91. The molecule has 2 aromatic heterocycles. The first kappa shape index (κ1) is 21.1. The molecule has 160 valence electrons. The third-order valence-electron chi connectivity index (χ3n) is 5.71. The molecule has 8 heteroatoms. The molecule has 1 N–H and O–H groups in total. The molecule has 3 heterocycles. The number of hydrogen-bond donors (Lipinski definition) is 1. The summed E-state index contributed by atoms with van der Waals surface area (Å²) in [6.45, 7) is 3.54. The summed E-state index contributed by atoms with van der Waals surface area (Å²) < 4.78 is 29.7. The summed E-state index contributed by atoms with van der Waals surface area (Å²) in [5.74, 6) is -0.0674. The van der Waals surface area contributed by atoms with E-state index in [1.165, 1.54) is 0 Å². The van der Waals surface area contributed by atoms with Gasteiger partial charge in [-0.25, -0.2) is 8.42 Å². The molecule has 0 aliphatic carbocycles. The van der Waals surface area contributed by atoms with Gasteiger partial charge in [0.25, 0.3) is 0 Å². The fourth-order valence-electron chi connectivity index (χ4n) is 3.93. The number of nitrogens with one attached hydrogen (secondary N) is 1. The van der Waals surface area contributed by atoms with E-state index in [1.54, 1.807) is 27.8 Å². The van der Waals surface area contributed by atoms with Crippen molar-refractivity contribution < 1.29 is 13.2 Å². The molecular weight excluding hydrogens is 418 g/mol. The van der Waals surface area contributed by atoms with Crippen molar-refractivity contribution in [2.24, 2.45) is 0 Å². The van der Waals surface area contributed by atoms with E-state index >= 15 is 0 Å². The first-order chi connectivity index (χ1) is 14.5. The third-order valence-corrected chi connectivity index (χ3v) is 8.48. The normalized spacial score (nSPS) is 17.0. The second-order valence-electron chi connectivity index (χ2n) is 7.74. The Morgan fingerprint density at radius 3 is 2.60 bits per heavy atom. The van der Waals surface area contributed by atoms with E-state index in [2.05, 4.69) is 5.32 Å². The Hall–Kier alpha value is -2.16. The molecule has 1 saturated heterocycles. The molecule has 1 aliphatic rings. The van der Waals surface area contributed by atoms with Crippen LogP contribution in [0.1, 0.15) is 43.5 Å². The monoisotopic (exact) mass is 445 g/mol. The Morgan fingerprint density at radius 2 is 1.90 bits per heavy atom. The minimum atomic E-state index is -3.49. The summed E-state index contributed by atoms with van der Waals surface area (Å²) in [5.41, 5.74) is 0.851. The van der Waals surface area contributed by atoms with Crippen LogP contribution in [0.5, 0.6) is 0 Å². The summed E-state index contributed by atoms with van der Waals surface area (Å²) in [7, 11) is -3.49. The molecule has 0 saturated carbocycles. The summed E-state index contributed by atoms with van der Waals surface area (Å²) in [6.07, 6.45) is 5.84. The minimum Gasteiger partial charge on any atom is -0.349 e. The van der Waals surface area contributed by atoms with E-state index < -0.39 is 16.1 Å². The van der Waals surface area contributed by atoms with Crippen LogP contribution in [0.2, 0.25) is 0 Å². The maximum Gasteiger partial charge on any atom is 0.243 e. The molecule has 4 rings (SSSR count). The van der Waals surface area contributed by atoms with Gasteiger partial charge in [-0.05, 0) is 55.5 Å². The van der Waals surface area contributed by atoms with Crippen LogP contribution >= 0.6 is 11.3 Å². The number of thiophene rings is 1. The number of carbonyl (C=O) groups is 1. The van der Waals surface area contributed by atoms with E-state index in [9.17, 15) is 13.2 Å². The molecule has 3 aromatic rings. The predicted molar refractivity (Wildman–Crippen MR) is 120 cm³/mol. The Labute approximate surface area is 181 Å². The zero-order valence-electron chi connectivity index (χ0n) is 17.1. The number of rotatable bonds is 6. The van der Waals surface area contributed by atoms with Gasteiger partial charge >= 0.3 is 0 Å². The van der Waals surface area contributed by atoms with Crippen molar-refractivity contribution in [1.82, 2.24) is 14.2 Å². The molecule has 0 spiro atoms. The van der Waals surface area contributed by atoms with E-state index in [0.29, 0.717) is 24.5 Å². The first-order valence-electron chi connectivity index (χ1n) is 10.4. The highest BCUT2D eigenvalue weighted by Gasteiger charge is 2.26. The van der Waals surface area contributed by atoms with Gasteiger partial charge in [-0.3, -0.25) is 4.79 Å². The maximum absolute atomic E-state index is 13.1. The van der Waals surface area contributed by atoms with Gasteiger partial charge in [0.2, 0.25) is 15.9 Å². The van der Waals surface area contributed by atoms with Crippen molar-refractivity contribution in [2.75, 3.05) is 13.1 Å². The lowest BCUT2D eigenvalue weighted by molar-refractivity contribution is -0.123. The van der Waals surface area contributed by atoms with E-state index in [4.69, 9.17) is 0 Å². The molecule has 6 nitrogen and oxygen atoms in total. The quantitative estimate of drug-likeness (QED) is 0.620. The summed E-state index contributed by atoms with van der Waals surface area (Å²) in [4.78, 5) is 14.0. The van der Waals surface area contributed by atoms with E-state index in [0.717, 1.165) is 41.5 Å². The van der Waals surface area contributed by atoms with Gasteiger partial charge in [0, 0.05) is 35.1 Å². The number of carbonyl (C=O) groups excluding carboxylic acids is 1. The molecule has 1 amide bonds. The summed E-state index contributed by atoms with van der Waals surface area (Å²) in [5, 5.41) is 5.78. The van der Waals surface area contributed by atoms with Crippen LogP contribution in [0.3, 0.4) is 0 Å².